The second kappa shape index (κ2) is 4.13. The molecule has 0 fully saturated rings. The van der Waals surface area contributed by atoms with Crippen molar-refractivity contribution in [3.63, 3.8) is 0 Å². The summed E-state index contributed by atoms with van der Waals surface area (Å²) < 4.78 is 0. The van der Waals surface area contributed by atoms with Gasteiger partial charge in [0.05, 0.1) is 0 Å². The molecule has 1 atom stereocenters. The Hall–Kier alpha value is -0.960. The van der Waals surface area contributed by atoms with E-state index in [1.807, 2.05) is 17.5 Å². The molecule has 0 N–H and O–H groups in total. The largest absolute Gasteiger partial charge is 0.244 e. The first-order chi connectivity index (χ1) is 7.88. The smallest absolute Gasteiger partial charge is 0.127 e. The molecule has 1 aliphatic rings. The van der Waals surface area contributed by atoms with Crippen LogP contribution in [0.15, 0.2) is 12.5 Å². The van der Waals surface area contributed by atoms with Crippen molar-refractivity contribution in [3.8, 4) is 0 Å². The molecule has 0 aliphatic heterocycles. The summed E-state index contributed by atoms with van der Waals surface area (Å²) in [5, 5.41) is 1.30. The van der Waals surface area contributed by atoms with Crippen molar-refractivity contribution in [2.45, 2.75) is 39.0 Å². The average molecular weight is 232 g/mol. The summed E-state index contributed by atoms with van der Waals surface area (Å²) in [4.78, 5) is 11.3. The van der Waals surface area contributed by atoms with E-state index in [2.05, 4.69) is 16.9 Å². The summed E-state index contributed by atoms with van der Waals surface area (Å²) >= 11 is 1.88. The molecule has 2 heterocycles. The lowest BCUT2D eigenvalue weighted by Gasteiger charge is -2.21. The van der Waals surface area contributed by atoms with Gasteiger partial charge in [-0.3, -0.25) is 0 Å². The highest BCUT2D eigenvalue weighted by Gasteiger charge is 2.22. The van der Waals surface area contributed by atoms with Crippen LogP contribution in [0.3, 0.4) is 0 Å². The van der Waals surface area contributed by atoms with Crippen LogP contribution in [0, 0.1) is 5.92 Å². The molecule has 2 aromatic rings. The van der Waals surface area contributed by atoms with Gasteiger partial charge in [0, 0.05) is 16.5 Å². The number of aryl methyl sites for hydroxylation is 1. The van der Waals surface area contributed by atoms with Gasteiger partial charge in [0.1, 0.15) is 11.2 Å². The molecule has 0 radical (unpaired) electrons. The van der Waals surface area contributed by atoms with Gasteiger partial charge in [0.25, 0.3) is 0 Å². The number of thiophene rings is 1. The Kier molecular flexibility index (Phi) is 2.64. The fraction of sp³-hybridized carbons (Fsp3) is 0.538. The first-order valence-electron chi connectivity index (χ1n) is 6.08. The van der Waals surface area contributed by atoms with Gasteiger partial charge in [-0.15, -0.1) is 11.3 Å². The van der Waals surface area contributed by atoms with E-state index < -0.39 is 0 Å². The SMILES string of the molecule is CCCC1CCc2c(sc3ncncc23)C1. The lowest BCUT2D eigenvalue weighted by molar-refractivity contribution is 0.428. The zero-order valence-electron chi connectivity index (χ0n) is 9.57. The number of rotatable bonds is 2. The van der Waals surface area contributed by atoms with E-state index in [-0.39, 0.29) is 0 Å². The van der Waals surface area contributed by atoms with Crippen molar-refractivity contribution in [3.05, 3.63) is 23.0 Å². The molecular weight excluding hydrogens is 216 g/mol. The van der Waals surface area contributed by atoms with Crippen molar-refractivity contribution < 1.29 is 0 Å². The Morgan fingerprint density at radius 3 is 3.31 bits per heavy atom. The lowest BCUT2D eigenvalue weighted by Crippen LogP contribution is -2.11. The number of hydrogen-bond acceptors (Lipinski definition) is 3. The molecule has 1 aliphatic carbocycles. The van der Waals surface area contributed by atoms with Crippen LogP contribution in [-0.4, -0.2) is 9.97 Å². The monoisotopic (exact) mass is 232 g/mol. The van der Waals surface area contributed by atoms with E-state index in [0.717, 1.165) is 5.92 Å². The standard InChI is InChI=1S/C13H16N2S/c1-2-3-9-4-5-10-11-7-14-8-15-13(11)16-12(10)6-9/h7-9H,2-6H2,1H3. The Morgan fingerprint density at radius 1 is 1.50 bits per heavy atom. The minimum absolute atomic E-state index is 0.901. The maximum absolute atomic E-state index is 4.36. The minimum Gasteiger partial charge on any atom is -0.244 e. The molecule has 84 valence electrons. The molecular formula is C13H16N2S. The predicted octanol–water partition coefficient (Wildman–Crippen LogP) is 3.60. The zero-order chi connectivity index (χ0) is 11.0. The predicted molar refractivity (Wildman–Crippen MR) is 67.8 cm³/mol. The Bertz CT molecular complexity index is 504. The maximum Gasteiger partial charge on any atom is 0.127 e. The Morgan fingerprint density at radius 2 is 2.44 bits per heavy atom. The van der Waals surface area contributed by atoms with Gasteiger partial charge in [0.2, 0.25) is 0 Å². The highest BCUT2D eigenvalue weighted by Crippen LogP contribution is 2.37. The van der Waals surface area contributed by atoms with Gasteiger partial charge in [-0.05, 0) is 30.7 Å². The summed E-state index contributed by atoms with van der Waals surface area (Å²) in [5.74, 6) is 0.901. The van der Waals surface area contributed by atoms with Crippen LogP contribution in [-0.2, 0) is 12.8 Å². The van der Waals surface area contributed by atoms with Crippen LogP contribution < -0.4 is 0 Å². The van der Waals surface area contributed by atoms with Crippen LogP contribution in [0.2, 0.25) is 0 Å². The van der Waals surface area contributed by atoms with Gasteiger partial charge >= 0.3 is 0 Å². The van der Waals surface area contributed by atoms with E-state index >= 15 is 0 Å². The van der Waals surface area contributed by atoms with Crippen LogP contribution in [0.1, 0.15) is 36.6 Å². The second-order valence-electron chi connectivity index (χ2n) is 4.64. The fourth-order valence-electron chi connectivity index (χ4n) is 2.74. The zero-order valence-corrected chi connectivity index (χ0v) is 10.4. The molecule has 3 rings (SSSR count). The molecule has 0 aromatic carbocycles. The van der Waals surface area contributed by atoms with Crippen LogP contribution >= 0.6 is 11.3 Å². The summed E-state index contributed by atoms with van der Waals surface area (Å²) in [6.07, 6.45) is 10.2. The third kappa shape index (κ3) is 1.63. The second-order valence-corrected chi connectivity index (χ2v) is 5.73. The molecule has 3 heteroatoms. The molecule has 2 aromatic heterocycles. The first-order valence-corrected chi connectivity index (χ1v) is 6.90. The van der Waals surface area contributed by atoms with Crippen molar-refractivity contribution in [1.82, 2.24) is 9.97 Å². The molecule has 0 amide bonds. The van der Waals surface area contributed by atoms with Gasteiger partial charge in [-0.25, -0.2) is 9.97 Å². The fourth-order valence-corrected chi connectivity index (χ4v) is 4.01. The number of nitrogens with zero attached hydrogens (tertiary/aromatic N) is 2. The molecule has 0 bridgehead atoms. The number of aromatic nitrogens is 2. The summed E-state index contributed by atoms with van der Waals surface area (Å²) in [6.45, 7) is 2.28. The molecule has 2 nitrogen and oxygen atoms in total. The highest BCUT2D eigenvalue weighted by atomic mass is 32.1. The highest BCUT2D eigenvalue weighted by molar-refractivity contribution is 7.18. The lowest BCUT2D eigenvalue weighted by atomic mass is 9.85. The Balaban J connectivity index is 1.99. The average Bonchev–Trinajstić information content (AvgIpc) is 2.67. The maximum atomic E-state index is 4.36. The van der Waals surface area contributed by atoms with Crippen molar-refractivity contribution in [2.24, 2.45) is 5.92 Å². The molecule has 0 saturated heterocycles. The van der Waals surface area contributed by atoms with Crippen molar-refractivity contribution in [1.29, 1.82) is 0 Å². The first kappa shape index (κ1) is 10.2. The number of fused-ring (bicyclic) bond motifs is 3. The van der Waals surface area contributed by atoms with E-state index in [1.54, 1.807) is 11.2 Å². The van der Waals surface area contributed by atoms with E-state index in [4.69, 9.17) is 0 Å². The topological polar surface area (TPSA) is 25.8 Å². The van der Waals surface area contributed by atoms with E-state index in [0.29, 0.717) is 0 Å². The Labute approximate surface area is 99.7 Å². The summed E-state index contributed by atoms with van der Waals surface area (Å²) in [7, 11) is 0. The minimum atomic E-state index is 0.901. The molecule has 0 saturated carbocycles. The van der Waals surface area contributed by atoms with E-state index in [9.17, 15) is 0 Å². The molecule has 1 unspecified atom stereocenters. The number of hydrogen-bond donors (Lipinski definition) is 0. The van der Waals surface area contributed by atoms with Crippen LogP contribution in [0.4, 0.5) is 0 Å². The third-order valence-corrected chi connectivity index (χ3v) is 4.71. The molecule has 0 spiro atoms. The van der Waals surface area contributed by atoms with Gasteiger partial charge in [0.15, 0.2) is 0 Å². The summed E-state index contributed by atoms with van der Waals surface area (Å²) in [5.41, 5.74) is 1.54. The summed E-state index contributed by atoms with van der Waals surface area (Å²) in [6, 6.07) is 0. The van der Waals surface area contributed by atoms with Gasteiger partial charge in [-0.1, -0.05) is 19.8 Å². The van der Waals surface area contributed by atoms with Gasteiger partial charge < -0.3 is 0 Å². The van der Waals surface area contributed by atoms with Crippen LogP contribution in [0.25, 0.3) is 10.2 Å². The van der Waals surface area contributed by atoms with Crippen LogP contribution in [0.5, 0.6) is 0 Å². The molecule has 16 heavy (non-hydrogen) atoms. The normalized spacial score (nSPS) is 19.9. The van der Waals surface area contributed by atoms with Gasteiger partial charge in [-0.2, -0.15) is 0 Å². The van der Waals surface area contributed by atoms with Crippen molar-refractivity contribution in [2.75, 3.05) is 0 Å². The third-order valence-electron chi connectivity index (χ3n) is 3.53. The quantitative estimate of drug-likeness (QED) is 0.790. The van der Waals surface area contributed by atoms with Crippen molar-refractivity contribution >= 4 is 21.6 Å². The van der Waals surface area contributed by atoms with E-state index in [1.165, 1.54) is 47.9 Å².